The van der Waals surface area contributed by atoms with E-state index in [0.717, 1.165) is 25.5 Å². The zero-order valence-corrected chi connectivity index (χ0v) is 11.7. The summed E-state index contributed by atoms with van der Waals surface area (Å²) in [5.74, 6) is 0.972. The second-order valence-corrected chi connectivity index (χ2v) is 5.09. The van der Waals surface area contributed by atoms with Crippen molar-refractivity contribution in [2.75, 3.05) is 43.4 Å². The van der Waals surface area contributed by atoms with Gasteiger partial charge in [-0.2, -0.15) is 0 Å². The summed E-state index contributed by atoms with van der Waals surface area (Å²) >= 11 is 0. The van der Waals surface area contributed by atoms with E-state index in [1.165, 1.54) is 18.7 Å². The molecule has 1 aliphatic heterocycles. The zero-order valence-electron chi connectivity index (χ0n) is 11.7. The summed E-state index contributed by atoms with van der Waals surface area (Å²) < 4.78 is 0. The summed E-state index contributed by atoms with van der Waals surface area (Å²) in [5.41, 5.74) is 1.28. The Labute approximate surface area is 110 Å². The van der Waals surface area contributed by atoms with Crippen molar-refractivity contribution >= 4 is 11.5 Å². The van der Waals surface area contributed by atoms with E-state index in [2.05, 4.69) is 53.1 Å². The molecule has 2 heterocycles. The first-order chi connectivity index (χ1) is 8.70. The highest BCUT2D eigenvalue weighted by atomic mass is 15.2. The summed E-state index contributed by atoms with van der Waals surface area (Å²) in [6, 6.07) is 4.82. The normalized spacial score (nSPS) is 21.7. The van der Waals surface area contributed by atoms with Gasteiger partial charge in [0.1, 0.15) is 5.82 Å². The Morgan fingerprint density at radius 2 is 2.28 bits per heavy atom. The maximum Gasteiger partial charge on any atom is 0.127 e. The van der Waals surface area contributed by atoms with E-state index in [1.54, 1.807) is 0 Å². The first kappa shape index (κ1) is 13.1. The minimum absolute atomic E-state index is 0.550. The second kappa shape index (κ2) is 6.05. The molecule has 1 aromatic rings. The topological polar surface area (TPSA) is 31.4 Å². The molecule has 1 aliphatic rings. The highest BCUT2D eigenvalue weighted by Gasteiger charge is 2.19. The van der Waals surface area contributed by atoms with Crippen molar-refractivity contribution in [2.24, 2.45) is 0 Å². The number of likely N-dealkylation sites (N-methyl/N-ethyl adjacent to an activating group) is 1. The predicted molar refractivity (Wildman–Crippen MR) is 77.3 cm³/mol. The van der Waals surface area contributed by atoms with Crippen LogP contribution in [0, 0.1) is 0 Å². The fourth-order valence-corrected chi connectivity index (χ4v) is 2.63. The molecule has 0 amide bonds. The van der Waals surface area contributed by atoms with Gasteiger partial charge in [0.05, 0.1) is 0 Å². The average Bonchev–Trinajstić information content (AvgIpc) is 2.51. The molecule has 0 spiro atoms. The number of hydrogen-bond acceptors (Lipinski definition) is 4. The molecule has 1 N–H and O–H groups in total. The quantitative estimate of drug-likeness (QED) is 0.887. The molecule has 1 aromatic heterocycles. The van der Waals surface area contributed by atoms with Crippen LogP contribution in [0.2, 0.25) is 0 Å². The van der Waals surface area contributed by atoms with E-state index >= 15 is 0 Å². The van der Waals surface area contributed by atoms with Gasteiger partial charge in [0.2, 0.25) is 0 Å². The van der Waals surface area contributed by atoms with E-state index in [0.29, 0.717) is 6.04 Å². The molecule has 0 radical (unpaired) electrons. The lowest BCUT2D eigenvalue weighted by atomic mass is 10.2. The molecule has 4 nitrogen and oxygen atoms in total. The summed E-state index contributed by atoms with van der Waals surface area (Å²) in [4.78, 5) is 9.25. The molecule has 1 saturated heterocycles. The fraction of sp³-hybridized carbons (Fsp3) is 0.643. The zero-order chi connectivity index (χ0) is 13.0. The van der Waals surface area contributed by atoms with Gasteiger partial charge >= 0.3 is 0 Å². The predicted octanol–water partition coefficient (Wildman–Crippen LogP) is 2.04. The van der Waals surface area contributed by atoms with Crippen molar-refractivity contribution in [3.8, 4) is 0 Å². The number of anilines is 2. The fourth-order valence-electron chi connectivity index (χ4n) is 2.63. The number of pyridine rings is 1. The number of hydrogen-bond donors (Lipinski definition) is 1. The van der Waals surface area contributed by atoms with Gasteiger partial charge in [-0.05, 0) is 39.9 Å². The maximum atomic E-state index is 4.34. The van der Waals surface area contributed by atoms with Crippen LogP contribution < -0.4 is 10.2 Å². The molecule has 100 valence electrons. The van der Waals surface area contributed by atoms with Crippen LogP contribution in [-0.2, 0) is 0 Å². The monoisotopic (exact) mass is 248 g/mol. The smallest absolute Gasteiger partial charge is 0.127 e. The molecule has 1 atom stereocenters. The minimum atomic E-state index is 0.550. The molecule has 0 aromatic carbocycles. The van der Waals surface area contributed by atoms with E-state index in [1.807, 2.05) is 6.20 Å². The molecule has 1 unspecified atom stereocenters. The lowest BCUT2D eigenvalue weighted by molar-refractivity contribution is 0.337. The van der Waals surface area contributed by atoms with Crippen molar-refractivity contribution in [1.29, 1.82) is 0 Å². The number of rotatable bonds is 3. The summed E-state index contributed by atoms with van der Waals surface area (Å²) in [5, 5.41) is 3.28. The van der Waals surface area contributed by atoms with Crippen molar-refractivity contribution in [2.45, 2.75) is 26.3 Å². The van der Waals surface area contributed by atoms with E-state index in [-0.39, 0.29) is 0 Å². The summed E-state index contributed by atoms with van der Waals surface area (Å²) in [6.45, 7) is 8.74. The molecule has 1 fully saturated rings. The van der Waals surface area contributed by atoms with Crippen molar-refractivity contribution in [1.82, 2.24) is 9.88 Å². The lowest BCUT2D eigenvalue weighted by Gasteiger charge is -2.30. The SMILES string of the molecule is CCNc1cc(N2CCCN(C)CC2C)ccn1. The molecule has 18 heavy (non-hydrogen) atoms. The molecule has 2 rings (SSSR count). The van der Waals surface area contributed by atoms with Crippen LogP contribution in [0.15, 0.2) is 18.3 Å². The summed E-state index contributed by atoms with van der Waals surface area (Å²) in [6.07, 6.45) is 3.12. The number of nitrogens with zero attached hydrogens (tertiary/aromatic N) is 3. The van der Waals surface area contributed by atoms with Crippen LogP contribution in [0.3, 0.4) is 0 Å². The van der Waals surface area contributed by atoms with Gasteiger partial charge in [0.15, 0.2) is 0 Å². The van der Waals surface area contributed by atoms with Crippen LogP contribution in [0.5, 0.6) is 0 Å². The Hall–Kier alpha value is -1.29. The van der Waals surface area contributed by atoms with Crippen molar-refractivity contribution in [3.63, 3.8) is 0 Å². The number of nitrogens with one attached hydrogen (secondary N) is 1. The Kier molecular flexibility index (Phi) is 4.42. The van der Waals surface area contributed by atoms with Gasteiger partial charge in [0.25, 0.3) is 0 Å². The van der Waals surface area contributed by atoms with Gasteiger partial charge in [-0.15, -0.1) is 0 Å². The first-order valence-electron chi connectivity index (χ1n) is 6.86. The molecule has 4 heteroatoms. The standard InChI is InChI=1S/C14H24N4/c1-4-15-14-10-13(6-7-16-14)18-9-5-8-17(3)11-12(18)2/h6-7,10,12H,4-5,8-9,11H2,1-3H3,(H,15,16). The molecule has 0 aliphatic carbocycles. The van der Waals surface area contributed by atoms with Crippen LogP contribution in [0.1, 0.15) is 20.3 Å². The molecule has 0 saturated carbocycles. The third-order valence-electron chi connectivity index (χ3n) is 3.48. The average molecular weight is 248 g/mol. The van der Waals surface area contributed by atoms with E-state index < -0.39 is 0 Å². The third kappa shape index (κ3) is 3.13. The Bertz CT molecular complexity index is 380. The molecular weight excluding hydrogens is 224 g/mol. The van der Waals surface area contributed by atoms with Crippen molar-refractivity contribution < 1.29 is 0 Å². The van der Waals surface area contributed by atoms with E-state index in [4.69, 9.17) is 0 Å². The highest BCUT2D eigenvalue weighted by Crippen LogP contribution is 2.22. The van der Waals surface area contributed by atoms with E-state index in [9.17, 15) is 0 Å². The lowest BCUT2D eigenvalue weighted by Crippen LogP contribution is -2.37. The largest absolute Gasteiger partial charge is 0.370 e. The van der Waals surface area contributed by atoms with Gasteiger partial charge < -0.3 is 15.1 Å². The van der Waals surface area contributed by atoms with Gasteiger partial charge in [-0.3, -0.25) is 0 Å². The van der Waals surface area contributed by atoms with Crippen LogP contribution in [0.4, 0.5) is 11.5 Å². The second-order valence-electron chi connectivity index (χ2n) is 5.09. The van der Waals surface area contributed by atoms with Gasteiger partial charge in [-0.25, -0.2) is 4.98 Å². The van der Waals surface area contributed by atoms with Gasteiger partial charge in [-0.1, -0.05) is 0 Å². The molecular formula is C14H24N4. The Balaban J connectivity index is 2.15. The van der Waals surface area contributed by atoms with Gasteiger partial charge in [0, 0.05) is 43.6 Å². The molecule has 0 bridgehead atoms. The van der Waals surface area contributed by atoms with Crippen molar-refractivity contribution in [3.05, 3.63) is 18.3 Å². The third-order valence-corrected chi connectivity index (χ3v) is 3.48. The van der Waals surface area contributed by atoms with Crippen LogP contribution >= 0.6 is 0 Å². The minimum Gasteiger partial charge on any atom is -0.370 e. The van der Waals surface area contributed by atoms with Crippen LogP contribution in [0.25, 0.3) is 0 Å². The Morgan fingerprint density at radius 3 is 3.06 bits per heavy atom. The maximum absolute atomic E-state index is 4.34. The first-order valence-corrected chi connectivity index (χ1v) is 6.86. The Morgan fingerprint density at radius 1 is 1.44 bits per heavy atom. The summed E-state index contributed by atoms with van der Waals surface area (Å²) in [7, 11) is 2.20. The highest BCUT2D eigenvalue weighted by molar-refractivity contribution is 5.54. The van der Waals surface area contributed by atoms with Crippen LogP contribution in [-0.4, -0.2) is 49.2 Å². The number of aromatic nitrogens is 1.